The molecule has 0 bridgehead atoms. The second-order valence-corrected chi connectivity index (χ2v) is 29.9. The summed E-state index contributed by atoms with van der Waals surface area (Å²) in [6.07, 6.45) is 0.146. The average Bonchev–Trinajstić information content (AvgIpc) is 0.895. The van der Waals surface area contributed by atoms with Crippen LogP contribution < -0.4 is 16.0 Å². The summed E-state index contributed by atoms with van der Waals surface area (Å²) in [6.45, 7) is 29.1. The Morgan fingerprint density at radius 2 is 0.266 bits per heavy atom. The molecule has 0 rings (SSSR count). The Labute approximate surface area is 842 Å². The van der Waals surface area contributed by atoms with Crippen LogP contribution in [-0.2, 0) is 198 Å². The van der Waals surface area contributed by atoms with E-state index in [-0.39, 0.29) is 116 Å². The molecule has 0 aliphatic heterocycles. The van der Waals surface area contributed by atoms with Crippen molar-refractivity contribution in [2.24, 2.45) is 15.3 Å². The molecule has 0 saturated carbocycles. The summed E-state index contributed by atoms with van der Waals surface area (Å²) in [4.78, 5) is 57.2. The molecule has 0 aromatic rings. The van der Waals surface area contributed by atoms with Crippen LogP contribution in [0.5, 0.6) is 0 Å². The zero-order chi connectivity index (χ0) is 103. The molecule has 4 N–H and O–H groups in total. The van der Waals surface area contributed by atoms with Crippen molar-refractivity contribution in [2.45, 2.75) is 19.3 Å². The molecule has 842 valence electrons. The van der Waals surface area contributed by atoms with E-state index in [1.165, 1.54) is 0 Å². The van der Waals surface area contributed by atoms with Crippen LogP contribution >= 0.6 is 8.17 Å². The number of nitrogens with zero attached hydrogens (tertiary/aromatic N) is 9. The number of hydrogen-bond donors (Lipinski definition) is 4. The lowest BCUT2D eigenvalue weighted by Crippen LogP contribution is -2.31. The summed E-state index contributed by atoms with van der Waals surface area (Å²) in [6, 6.07) is 0. The number of amides is 3. The van der Waals surface area contributed by atoms with Gasteiger partial charge in [0, 0.05) is 73.3 Å². The van der Waals surface area contributed by atoms with Gasteiger partial charge in [-0.05, 0) is 16.6 Å². The smallest absolute Gasteiger partial charge is 0.379 e. The second-order valence-electron chi connectivity index (χ2n) is 28.2. The number of nitrogens with one attached hydrogen (secondary N) is 3. The molecule has 0 aliphatic carbocycles. The van der Waals surface area contributed by atoms with Crippen molar-refractivity contribution < 1.29 is 203 Å². The van der Waals surface area contributed by atoms with E-state index in [9.17, 15) is 19.3 Å². The standard InChI is InChI=1S/C87H171N12O43P/c88-97-94-7-13-107-22-28-113-34-40-119-46-52-125-58-64-131-70-76-137-82-79-134-73-67-128-61-55-122-49-43-116-37-31-110-25-19-104-10-1-85(100)91-4-16-140-143(103,141-17-5-92-86(101)2-11-105-20-26-111-32-38-117-44-50-123-56-62-129-68-74-135-80-83-138-77-71-132-65-59-126-53-47-120-41-35-114-29-23-108-14-8-95-98-89)142-18-6-93-87(102)3-12-106-21-27-112-33-39-118-45-51-124-57-63-130-69-75-136-81-84-139-78-72-133-66-60-127-54-48-121-42-36-115-30-24-109-15-9-96-99-90/h103H,1-84H2,(H2-,91,92,93,100,101,102)/p+1. The van der Waals surface area contributed by atoms with Crippen LogP contribution in [0.25, 0.3) is 31.3 Å². The van der Waals surface area contributed by atoms with E-state index in [1.807, 2.05) is 0 Å². The van der Waals surface area contributed by atoms with Gasteiger partial charge in [0.15, 0.2) is 0 Å². The summed E-state index contributed by atoms with van der Waals surface area (Å²) in [5.41, 5.74) is 24.6. The zero-order valence-corrected chi connectivity index (χ0v) is 85.4. The molecule has 0 saturated heterocycles. The predicted molar refractivity (Wildman–Crippen MR) is 511 cm³/mol. The minimum absolute atomic E-state index is 0.0109. The molecule has 0 aromatic heterocycles. The first kappa shape index (κ1) is 138. The van der Waals surface area contributed by atoms with E-state index >= 15 is 0 Å². The summed E-state index contributed by atoms with van der Waals surface area (Å²) in [7, 11) is -4.03. The van der Waals surface area contributed by atoms with Gasteiger partial charge in [-0.25, -0.2) is 0 Å². The van der Waals surface area contributed by atoms with Crippen LogP contribution in [0.2, 0.25) is 0 Å². The maximum absolute atomic E-state index is 12.6. The molecule has 0 aromatic carbocycles. The number of carbonyl (C=O) groups excluding carboxylic acids is 3. The molecule has 143 heavy (non-hydrogen) atoms. The Morgan fingerprint density at radius 1 is 0.168 bits per heavy atom. The Kier molecular flexibility index (Phi) is 122. The van der Waals surface area contributed by atoms with Gasteiger partial charge in [-0.15, -0.1) is 0 Å². The topological polar surface area (TPSA) is 614 Å². The maximum atomic E-state index is 12.6. The molecular formula is C87H172N12O43P+. The quantitative estimate of drug-likeness (QED) is 0.0221. The summed E-state index contributed by atoms with van der Waals surface area (Å²) < 4.78 is 215. The largest absolute Gasteiger partial charge is 0.572 e. The van der Waals surface area contributed by atoms with Gasteiger partial charge in [0.25, 0.3) is 0 Å². The molecular weight excluding hydrogens is 1930 g/mol. The van der Waals surface area contributed by atoms with E-state index in [1.54, 1.807) is 0 Å². The third-order valence-corrected chi connectivity index (χ3v) is 18.5. The van der Waals surface area contributed by atoms with Crippen molar-refractivity contribution in [3.63, 3.8) is 0 Å². The van der Waals surface area contributed by atoms with Crippen molar-refractivity contribution in [2.75, 3.05) is 535 Å². The third-order valence-electron chi connectivity index (χ3n) is 16.9. The van der Waals surface area contributed by atoms with Crippen molar-refractivity contribution >= 4 is 25.9 Å². The number of hydrogen-bond acceptors (Lipinski definition) is 46. The number of carbonyl (C=O) groups is 3. The normalized spacial score (nSPS) is 11.9. The van der Waals surface area contributed by atoms with Gasteiger partial charge in [0.1, 0.15) is 19.8 Å². The molecule has 0 aliphatic rings. The first-order valence-electron chi connectivity index (χ1n) is 49.0. The molecule has 0 unspecified atom stereocenters. The van der Waals surface area contributed by atoms with Crippen molar-refractivity contribution in [1.82, 2.24) is 16.0 Å². The Balaban J connectivity index is 4.25. The van der Waals surface area contributed by atoms with E-state index in [2.05, 4.69) is 46.0 Å². The van der Waals surface area contributed by atoms with E-state index < -0.39 is 8.17 Å². The lowest BCUT2D eigenvalue weighted by Gasteiger charge is -2.16. The number of rotatable bonds is 129. The van der Waals surface area contributed by atoms with Gasteiger partial charge < -0.3 is 186 Å². The van der Waals surface area contributed by atoms with Gasteiger partial charge in [-0.1, -0.05) is 15.3 Å². The number of azide groups is 3. The molecule has 0 heterocycles. The van der Waals surface area contributed by atoms with E-state index in [4.69, 9.17) is 201 Å². The predicted octanol–water partition coefficient (Wildman–Crippen LogP) is 1.75. The summed E-state index contributed by atoms with van der Waals surface area (Å²) >= 11 is 0. The van der Waals surface area contributed by atoms with Crippen molar-refractivity contribution in [1.29, 1.82) is 0 Å². The number of ether oxygens (including phenoxy) is 36. The highest BCUT2D eigenvalue weighted by atomic mass is 31.2. The van der Waals surface area contributed by atoms with Crippen molar-refractivity contribution in [3.8, 4) is 0 Å². The van der Waals surface area contributed by atoms with Crippen LogP contribution in [0.15, 0.2) is 15.3 Å². The maximum Gasteiger partial charge on any atom is 0.572 e. The fraction of sp³-hybridized carbons (Fsp3) is 0.966. The van der Waals surface area contributed by atoms with Crippen LogP contribution in [0.3, 0.4) is 0 Å². The molecule has 56 heteroatoms. The lowest BCUT2D eigenvalue weighted by atomic mass is 10.4. The third kappa shape index (κ3) is 124. The van der Waals surface area contributed by atoms with Gasteiger partial charge in [-0.2, -0.15) is 18.5 Å². The molecule has 3 amide bonds. The molecule has 0 fully saturated rings. The van der Waals surface area contributed by atoms with E-state index in [0.717, 1.165) is 0 Å². The highest BCUT2D eigenvalue weighted by Gasteiger charge is 2.44. The summed E-state index contributed by atoms with van der Waals surface area (Å²) in [5, 5.41) is 18.2. The molecule has 0 atom stereocenters. The second kappa shape index (κ2) is 126. The minimum Gasteiger partial charge on any atom is -0.379 e. The van der Waals surface area contributed by atoms with Crippen LogP contribution in [0, 0.1) is 0 Å². The van der Waals surface area contributed by atoms with Gasteiger partial charge in [0.2, 0.25) is 17.7 Å². The van der Waals surface area contributed by atoms with E-state index in [0.29, 0.717) is 456 Å². The highest BCUT2D eigenvalue weighted by Crippen LogP contribution is 2.57. The first-order valence-corrected chi connectivity index (χ1v) is 50.5. The van der Waals surface area contributed by atoms with Gasteiger partial charge in [-0.3, -0.25) is 14.4 Å². The first-order chi connectivity index (χ1) is 70.9. The molecule has 0 radical (unpaired) electrons. The minimum atomic E-state index is -4.03. The lowest BCUT2D eigenvalue weighted by molar-refractivity contribution is -0.123. The SMILES string of the molecule is [N-]=[N+]=NCCOCCOCCOCCOCCOCCOCCOCCOCCOCCOCCOCCOCCC(=O)NCCO[P+](O)(OCCNC(=O)CCOCCOCCOCCOCCOCCOCCOCCOCCOCCOCCOCCOCCN=[N+]=[N-])OCCNC(=O)CCOCCOCCOCCOCCOCCOCCOCCOCCOCCOCCOCCOCCN=[N+]=[N-]. The summed E-state index contributed by atoms with van der Waals surface area (Å²) in [5.74, 6) is -0.987. The molecule has 0 spiro atoms. The monoisotopic (exact) mass is 2100 g/mol. The fourth-order valence-corrected chi connectivity index (χ4v) is 11.1. The Morgan fingerprint density at radius 3 is 0.371 bits per heavy atom. The van der Waals surface area contributed by atoms with Gasteiger partial charge >= 0.3 is 8.17 Å². The highest BCUT2D eigenvalue weighted by molar-refractivity contribution is 7.55. The molecule has 55 nitrogen and oxygen atoms in total. The van der Waals surface area contributed by atoms with Crippen LogP contribution in [-0.4, -0.2) is 557 Å². The zero-order valence-electron chi connectivity index (χ0n) is 84.5. The van der Waals surface area contributed by atoms with Crippen molar-refractivity contribution in [3.05, 3.63) is 31.3 Å². The van der Waals surface area contributed by atoms with Crippen LogP contribution in [0.4, 0.5) is 0 Å². The van der Waals surface area contributed by atoms with Crippen LogP contribution in [0.1, 0.15) is 19.3 Å². The Hall–Kier alpha value is -4.83. The fourth-order valence-electron chi connectivity index (χ4n) is 9.94. The van der Waals surface area contributed by atoms with Gasteiger partial charge in [0.05, 0.1) is 476 Å². The Bertz CT molecular complexity index is 2460. The average molecular weight is 2110 g/mol.